The molecule has 0 aliphatic rings. The van der Waals surface area contributed by atoms with E-state index in [1.165, 1.54) is 18.5 Å². The first-order valence-corrected chi connectivity index (χ1v) is 5.91. The molecular formula is C12H17F3N2O2. The zero-order valence-electron chi connectivity index (χ0n) is 11.3. The Morgan fingerprint density at radius 1 is 1.37 bits per heavy atom. The van der Waals surface area contributed by atoms with E-state index in [-0.39, 0.29) is 23.1 Å². The highest BCUT2D eigenvalue weighted by Gasteiger charge is 2.42. The summed E-state index contributed by atoms with van der Waals surface area (Å²) in [6.45, 7) is 7.22. The molecule has 0 saturated heterocycles. The number of carbonyl (C=O) groups is 1. The third-order valence-electron chi connectivity index (χ3n) is 2.62. The van der Waals surface area contributed by atoms with Gasteiger partial charge in [-0.05, 0) is 27.7 Å². The quantitative estimate of drug-likeness (QED) is 0.778. The van der Waals surface area contributed by atoms with Gasteiger partial charge in [0, 0.05) is 5.69 Å². The van der Waals surface area contributed by atoms with E-state index in [0.717, 1.165) is 0 Å². The highest BCUT2D eigenvalue weighted by molar-refractivity contribution is 6.02. The third kappa shape index (κ3) is 3.79. The molecule has 19 heavy (non-hydrogen) atoms. The molecular weight excluding hydrogens is 261 g/mol. The van der Waals surface area contributed by atoms with Crippen LogP contribution in [-0.4, -0.2) is 34.5 Å². The van der Waals surface area contributed by atoms with Crippen molar-refractivity contribution >= 4 is 5.78 Å². The van der Waals surface area contributed by atoms with Gasteiger partial charge >= 0.3 is 6.18 Å². The summed E-state index contributed by atoms with van der Waals surface area (Å²) in [5, 5.41) is 3.96. The molecule has 0 aliphatic heterocycles. The molecule has 1 aromatic rings. The van der Waals surface area contributed by atoms with E-state index in [9.17, 15) is 18.0 Å². The van der Waals surface area contributed by atoms with Gasteiger partial charge in [-0.25, -0.2) is 0 Å². The van der Waals surface area contributed by atoms with Crippen LogP contribution in [0.2, 0.25) is 0 Å². The average molecular weight is 278 g/mol. The van der Waals surface area contributed by atoms with Crippen molar-refractivity contribution in [1.29, 1.82) is 0 Å². The summed E-state index contributed by atoms with van der Waals surface area (Å²) in [7, 11) is 0. The van der Waals surface area contributed by atoms with E-state index in [1.807, 2.05) is 13.8 Å². The summed E-state index contributed by atoms with van der Waals surface area (Å²) in [6, 6.07) is 0. The number of aromatic nitrogens is 2. The highest BCUT2D eigenvalue weighted by Crippen LogP contribution is 2.25. The molecule has 7 heteroatoms. The lowest BCUT2D eigenvalue weighted by atomic mass is 10.1. The van der Waals surface area contributed by atoms with E-state index in [0.29, 0.717) is 13.2 Å². The van der Waals surface area contributed by atoms with Crippen molar-refractivity contribution < 1.29 is 22.7 Å². The minimum absolute atomic E-state index is 0.0354. The van der Waals surface area contributed by atoms with Gasteiger partial charge in [-0.2, -0.15) is 18.3 Å². The summed E-state index contributed by atoms with van der Waals surface area (Å²) in [6.07, 6.45) is -4.84. The van der Waals surface area contributed by atoms with Crippen LogP contribution in [0.5, 0.6) is 0 Å². The molecule has 1 heterocycles. The van der Waals surface area contributed by atoms with Crippen molar-refractivity contribution in [3.05, 3.63) is 17.0 Å². The van der Waals surface area contributed by atoms with Gasteiger partial charge in [-0.1, -0.05) is 0 Å². The van der Waals surface area contributed by atoms with Crippen LogP contribution in [0.4, 0.5) is 13.2 Å². The van der Waals surface area contributed by atoms with Gasteiger partial charge in [0.1, 0.15) is 0 Å². The monoisotopic (exact) mass is 278 g/mol. The smallest absolute Gasteiger partial charge is 0.377 e. The number of rotatable bonds is 5. The Balaban J connectivity index is 2.92. The Labute approximate surface area is 109 Å². The molecule has 0 saturated carbocycles. The molecule has 0 radical (unpaired) electrons. The zero-order valence-corrected chi connectivity index (χ0v) is 11.3. The molecule has 0 bridgehead atoms. The van der Waals surface area contributed by atoms with Crippen molar-refractivity contribution in [3.8, 4) is 0 Å². The van der Waals surface area contributed by atoms with E-state index in [2.05, 4.69) is 5.10 Å². The van der Waals surface area contributed by atoms with Gasteiger partial charge in [0.05, 0.1) is 30.5 Å². The predicted octanol–water partition coefficient (Wildman–Crippen LogP) is 2.67. The number of Topliss-reactive ketones (excluding diaryl/α,β-unsaturated/α-hetero) is 1. The fraction of sp³-hybridized carbons (Fsp3) is 0.667. The number of carbonyl (C=O) groups excluding carboxylic acids is 1. The minimum Gasteiger partial charge on any atom is -0.377 e. The lowest BCUT2D eigenvalue weighted by Gasteiger charge is -2.09. The number of ketones is 1. The summed E-state index contributed by atoms with van der Waals surface area (Å²) in [5.74, 6) is -1.85. The lowest BCUT2D eigenvalue weighted by Crippen LogP contribution is -2.24. The number of hydrogen-bond acceptors (Lipinski definition) is 3. The van der Waals surface area contributed by atoms with Crippen LogP contribution in [0.15, 0.2) is 0 Å². The highest BCUT2D eigenvalue weighted by atomic mass is 19.4. The molecule has 0 amide bonds. The Morgan fingerprint density at radius 2 is 1.95 bits per heavy atom. The van der Waals surface area contributed by atoms with Crippen molar-refractivity contribution in [2.24, 2.45) is 0 Å². The van der Waals surface area contributed by atoms with Gasteiger partial charge < -0.3 is 4.74 Å². The zero-order chi connectivity index (χ0) is 14.8. The van der Waals surface area contributed by atoms with Crippen molar-refractivity contribution in [3.63, 3.8) is 0 Å². The minimum atomic E-state index is -4.88. The average Bonchev–Trinajstić information content (AvgIpc) is 2.51. The first-order chi connectivity index (χ1) is 8.64. The first-order valence-electron chi connectivity index (χ1n) is 5.91. The molecule has 0 fully saturated rings. The molecule has 0 aromatic carbocycles. The second-order valence-electron chi connectivity index (χ2n) is 4.52. The molecule has 1 aromatic heterocycles. The third-order valence-corrected chi connectivity index (χ3v) is 2.62. The van der Waals surface area contributed by atoms with Crippen LogP contribution in [0.1, 0.15) is 35.6 Å². The Kier molecular flexibility index (Phi) is 4.73. The standard InChI is InChI=1S/C12H17F3N2O2/c1-7(2)19-6-5-17-9(4)10(8(3)16-17)11(18)12(13,14)15/h7H,5-6H2,1-4H3. The predicted molar refractivity (Wildman–Crippen MR) is 63.2 cm³/mol. The van der Waals surface area contributed by atoms with Crippen molar-refractivity contribution in [1.82, 2.24) is 9.78 Å². The van der Waals surface area contributed by atoms with Gasteiger partial charge in [0.2, 0.25) is 0 Å². The molecule has 0 atom stereocenters. The largest absolute Gasteiger partial charge is 0.455 e. The van der Waals surface area contributed by atoms with E-state index >= 15 is 0 Å². The van der Waals surface area contributed by atoms with E-state index in [4.69, 9.17) is 4.74 Å². The first kappa shape index (κ1) is 15.7. The number of halogens is 3. The SMILES string of the molecule is Cc1nn(CCOC(C)C)c(C)c1C(=O)C(F)(F)F. The van der Waals surface area contributed by atoms with Gasteiger partial charge in [0.15, 0.2) is 0 Å². The Hall–Kier alpha value is -1.37. The molecule has 108 valence electrons. The second-order valence-corrected chi connectivity index (χ2v) is 4.52. The lowest BCUT2D eigenvalue weighted by molar-refractivity contribution is -0.0886. The maximum absolute atomic E-state index is 12.5. The molecule has 0 N–H and O–H groups in total. The molecule has 1 rings (SSSR count). The van der Waals surface area contributed by atoms with E-state index < -0.39 is 12.0 Å². The molecule has 0 unspecified atom stereocenters. The topological polar surface area (TPSA) is 44.1 Å². The number of nitrogens with zero attached hydrogens (tertiary/aromatic N) is 2. The van der Waals surface area contributed by atoms with Crippen LogP contribution in [0.3, 0.4) is 0 Å². The number of alkyl halides is 3. The summed E-state index contributed by atoms with van der Waals surface area (Å²) >= 11 is 0. The fourth-order valence-electron chi connectivity index (χ4n) is 1.76. The number of ether oxygens (including phenoxy) is 1. The molecule has 0 aliphatic carbocycles. The van der Waals surface area contributed by atoms with Gasteiger partial charge in [-0.3, -0.25) is 9.48 Å². The molecule has 4 nitrogen and oxygen atoms in total. The van der Waals surface area contributed by atoms with Crippen LogP contribution < -0.4 is 0 Å². The number of aryl methyl sites for hydroxylation is 1. The van der Waals surface area contributed by atoms with Crippen LogP contribution in [-0.2, 0) is 11.3 Å². The summed E-state index contributed by atoms with van der Waals surface area (Å²) < 4.78 is 44.0. The normalized spacial score (nSPS) is 12.2. The summed E-state index contributed by atoms with van der Waals surface area (Å²) in [4.78, 5) is 11.3. The van der Waals surface area contributed by atoms with Crippen LogP contribution in [0, 0.1) is 13.8 Å². The second kappa shape index (κ2) is 5.73. The van der Waals surface area contributed by atoms with Crippen molar-refractivity contribution in [2.75, 3.05) is 6.61 Å². The fourth-order valence-corrected chi connectivity index (χ4v) is 1.76. The van der Waals surface area contributed by atoms with Gasteiger partial charge in [-0.15, -0.1) is 0 Å². The van der Waals surface area contributed by atoms with Crippen molar-refractivity contribution in [2.45, 2.75) is 46.5 Å². The van der Waals surface area contributed by atoms with Gasteiger partial charge in [0.25, 0.3) is 5.78 Å². The van der Waals surface area contributed by atoms with Crippen LogP contribution >= 0.6 is 0 Å². The van der Waals surface area contributed by atoms with E-state index in [1.54, 1.807) is 0 Å². The Bertz CT molecular complexity index is 464. The number of hydrogen-bond donors (Lipinski definition) is 0. The maximum Gasteiger partial charge on any atom is 0.455 e. The maximum atomic E-state index is 12.5. The van der Waals surface area contributed by atoms with Crippen LogP contribution in [0.25, 0.3) is 0 Å². The summed E-state index contributed by atoms with van der Waals surface area (Å²) in [5.41, 5.74) is -0.0615. The molecule has 0 spiro atoms. The Morgan fingerprint density at radius 3 is 2.42 bits per heavy atom.